The average molecular weight is 255 g/mol. The topological polar surface area (TPSA) is 70.6 Å². The van der Waals surface area contributed by atoms with Crippen LogP contribution in [-0.4, -0.2) is 17.6 Å². The fourth-order valence-electron chi connectivity index (χ4n) is 1.50. The Balaban J connectivity index is 2.38. The Hall–Kier alpha value is -1.07. The molecule has 0 radical (unpaired) electrons. The van der Waals surface area contributed by atoms with E-state index in [4.69, 9.17) is 10.9 Å². The summed E-state index contributed by atoms with van der Waals surface area (Å²) >= 11 is 1.75. The van der Waals surface area contributed by atoms with Gasteiger partial charge in [-0.2, -0.15) is 0 Å². The Bertz CT molecular complexity index is 360. The molecule has 1 rings (SSSR count). The molecule has 0 saturated carbocycles. The summed E-state index contributed by atoms with van der Waals surface area (Å²) in [7, 11) is 0. The summed E-state index contributed by atoms with van der Waals surface area (Å²) in [6.07, 6.45) is 0.832. The zero-order valence-corrected chi connectivity index (χ0v) is 11.4. The lowest BCUT2D eigenvalue weighted by molar-refractivity contribution is 0.304. The Kier molecular flexibility index (Phi) is 4.96. The lowest BCUT2D eigenvalue weighted by Gasteiger charge is -2.23. The third-order valence-corrected chi connectivity index (χ3v) is 4.03. The minimum atomic E-state index is -0.281. The summed E-state index contributed by atoms with van der Waals surface area (Å²) in [5.41, 5.74) is 5.36. The van der Waals surface area contributed by atoms with Crippen molar-refractivity contribution in [2.75, 3.05) is 6.54 Å². The van der Waals surface area contributed by atoms with Crippen molar-refractivity contribution in [3.8, 4) is 0 Å². The van der Waals surface area contributed by atoms with E-state index in [1.807, 2.05) is 13.8 Å². The summed E-state index contributed by atoms with van der Waals surface area (Å²) in [5, 5.41) is 17.3. The molecule has 0 amide bonds. The highest BCUT2D eigenvalue weighted by Crippen LogP contribution is 2.22. The van der Waals surface area contributed by atoms with E-state index in [1.165, 1.54) is 4.88 Å². The van der Waals surface area contributed by atoms with Crippen LogP contribution in [0.5, 0.6) is 0 Å². The predicted molar refractivity (Wildman–Crippen MR) is 72.5 cm³/mol. The maximum absolute atomic E-state index is 8.67. The third-order valence-electron chi connectivity index (χ3n) is 2.97. The van der Waals surface area contributed by atoms with Gasteiger partial charge in [0, 0.05) is 16.3 Å². The molecule has 0 aromatic carbocycles. The van der Waals surface area contributed by atoms with Crippen LogP contribution in [0.3, 0.4) is 0 Å². The summed E-state index contributed by atoms with van der Waals surface area (Å²) < 4.78 is 0. The lowest BCUT2D eigenvalue weighted by Crippen LogP contribution is -2.35. The first-order valence-electron chi connectivity index (χ1n) is 5.72. The Morgan fingerprint density at radius 3 is 2.88 bits per heavy atom. The van der Waals surface area contributed by atoms with Crippen LogP contribution in [0.2, 0.25) is 0 Å². The largest absolute Gasteiger partial charge is 0.409 e. The van der Waals surface area contributed by atoms with Gasteiger partial charge in [-0.15, -0.1) is 11.3 Å². The van der Waals surface area contributed by atoms with E-state index in [-0.39, 0.29) is 11.3 Å². The molecule has 1 atom stereocenters. The SMILES string of the molecule is C[C@@H](NCCC(C)(C)/C(N)=N/O)c1cccs1. The number of amidine groups is 1. The smallest absolute Gasteiger partial charge is 0.144 e. The average Bonchev–Trinajstić information content (AvgIpc) is 2.80. The first-order valence-corrected chi connectivity index (χ1v) is 6.60. The second-order valence-corrected chi connectivity index (χ2v) is 5.79. The van der Waals surface area contributed by atoms with E-state index in [0.29, 0.717) is 6.04 Å². The van der Waals surface area contributed by atoms with Gasteiger partial charge in [0.05, 0.1) is 0 Å². The van der Waals surface area contributed by atoms with Crippen molar-refractivity contribution in [1.82, 2.24) is 5.32 Å². The van der Waals surface area contributed by atoms with Gasteiger partial charge in [0.15, 0.2) is 0 Å². The first-order chi connectivity index (χ1) is 7.97. The van der Waals surface area contributed by atoms with Crippen molar-refractivity contribution in [3.63, 3.8) is 0 Å². The highest BCUT2D eigenvalue weighted by atomic mass is 32.1. The Labute approximate surface area is 107 Å². The summed E-state index contributed by atoms with van der Waals surface area (Å²) in [6, 6.07) is 4.52. The van der Waals surface area contributed by atoms with E-state index in [1.54, 1.807) is 11.3 Å². The lowest BCUT2D eigenvalue weighted by atomic mass is 9.88. The molecule has 0 fully saturated rings. The number of oxime groups is 1. The van der Waals surface area contributed by atoms with Crippen molar-refractivity contribution < 1.29 is 5.21 Å². The number of nitrogens with zero attached hydrogens (tertiary/aromatic N) is 1. The molecule has 0 aliphatic carbocycles. The minimum absolute atomic E-state index is 0.281. The molecule has 4 nitrogen and oxygen atoms in total. The van der Waals surface area contributed by atoms with E-state index in [0.717, 1.165) is 13.0 Å². The Morgan fingerprint density at radius 1 is 1.65 bits per heavy atom. The molecule has 0 unspecified atom stereocenters. The van der Waals surface area contributed by atoms with Gasteiger partial charge >= 0.3 is 0 Å². The number of nitrogens with one attached hydrogen (secondary N) is 1. The molecule has 96 valence electrons. The second-order valence-electron chi connectivity index (χ2n) is 4.81. The third kappa shape index (κ3) is 4.02. The fourth-order valence-corrected chi connectivity index (χ4v) is 2.26. The van der Waals surface area contributed by atoms with Crippen LogP contribution in [0, 0.1) is 5.41 Å². The molecule has 1 aromatic rings. The fraction of sp³-hybridized carbons (Fsp3) is 0.583. The molecule has 0 aliphatic rings. The van der Waals surface area contributed by atoms with Crippen LogP contribution >= 0.6 is 11.3 Å². The predicted octanol–water partition coefficient (Wildman–Crippen LogP) is 2.56. The van der Waals surface area contributed by atoms with E-state index in [2.05, 4.69) is 34.9 Å². The molecular weight excluding hydrogens is 234 g/mol. The number of hydrogen-bond acceptors (Lipinski definition) is 4. The number of nitrogens with two attached hydrogens (primary N) is 1. The zero-order valence-electron chi connectivity index (χ0n) is 10.6. The number of thiophene rings is 1. The van der Waals surface area contributed by atoms with Crippen molar-refractivity contribution >= 4 is 17.2 Å². The molecule has 1 aromatic heterocycles. The van der Waals surface area contributed by atoms with Crippen molar-refractivity contribution in [2.24, 2.45) is 16.3 Å². The summed E-state index contributed by atoms with van der Waals surface area (Å²) in [4.78, 5) is 1.33. The van der Waals surface area contributed by atoms with Gasteiger partial charge < -0.3 is 16.3 Å². The van der Waals surface area contributed by atoms with Crippen LogP contribution in [0.15, 0.2) is 22.7 Å². The van der Waals surface area contributed by atoms with E-state index >= 15 is 0 Å². The van der Waals surface area contributed by atoms with E-state index in [9.17, 15) is 0 Å². The molecule has 17 heavy (non-hydrogen) atoms. The Morgan fingerprint density at radius 2 is 2.35 bits per heavy atom. The molecule has 0 saturated heterocycles. The minimum Gasteiger partial charge on any atom is -0.409 e. The standard InChI is InChI=1S/C12H21N3OS/c1-9(10-5-4-8-17-10)14-7-6-12(2,3)11(13)15-16/h4-5,8-9,14,16H,6-7H2,1-3H3,(H2,13,15)/t9-/m1/s1. The molecule has 0 spiro atoms. The maximum Gasteiger partial charge on any atom is 0.144 e. The van der Waals surface area contributed by atoms with Crippen molar-refractivity contribution in [3.05, 3.63) is 22.4 Å². The molecule has 0 aliphatic heterocycles. The van der Waals surface area contributed by atoms with Crippen molar-refractivity contribution in [2.45, 2.75) is 33.2 Å². The zero-order chi connectivity index (χ0) is 12.9. The number of hydrogen-bond donors (Lipinski definition) is 3. The van der Waals surface area contributed by atoms with E-state index < -0.39 is 0 Å². The molecule has 5 heteroatoms. The van der Waals surface area contributed by atoms with Gasteiger partial charge in [-0.05, 0) is 31.3 Å². The van der Waals surface area contributed by atoms with Gasteiger partial charge in [-0.25, -0.2) is 0 Å². The second kappa shape index (κ2) is 6.02. The monoisotopic (exact) mass is 255 g/mol. The van der Waals surface area contributed by atoms with Gasteiger partial charge in [-0.1, -0.05) is 25.1 Å². The maximum atomic E-state index is 8.67. The number of rotatable bonds is 6. The molecule has 4 N–H and O–H groups in total. The van der Waals surface area contributed by atoms with Crippen LogP contribution in [-0.2, 0) is 0 Å². The van der Waals surface area contributed by atoms with Crippen LogP contribution in [0.25, 0.3) is 0 Å². The molecule has 1 heterocycles. The van der Waals surface area contributed by atoms with Gasteiger partial charge in [0.1, 0.15) is 5.84 Å². The van der Waals surface area contributed by atoms with Crippen LogP contribution < -0.4 is 11.1 Å². The molecule has 0 bridgehead atoms. The van der Waals surface area contributed by atoms with Gasteiger partial charge in [-0.3, -0.25) is 0 Å². The van der Waals surface area contributed by atoms with Crippen LogP contribution in [0.4, 0.5) is 0 Å². The summed E-state index contributed by atoms with van der Waals surface area (Å²) in [5.74, 6) is 0.281. The van der Waals surface area contributed by atoms with Crippen LogP contribution in [0.1, 0.15) is 38.1 Å². The normalized spacial score (nSPS) is 14.9. The van der Waals surface area contributed by atoms with Gasteiger partial charge in [0.2, 0.25) is 0 Å². The van der Waals surface area contributed by atoms with Gasteiger partial charge in [0.25, 0.3) is 0 Å². The molecular formula is C12H21N3OS. The first kappa shape index (κ1) is 14.0. The highest BCUT2D eigenvalue weighted by molar-refractivity contribution is 7.10. The quantitative estimate of drug-likeness (QED) is 0.317. The highest BCUT2D eigenvalue weighted by Gasteiger charge is 2.23. The summed E-state index contributed by atoms with van der Waals surface area (Å²) in [6.45, 7) is 6.92. The van der Waals surface area contributed by atoms with Crippen molar-refractivity contribution in [1.29, 1.82) is 0 Å².